The fraction of sp³-hybridized carbons (Fsp3) is 0.333. The second-order valence-electron chi connectivity index (χ2n) is 3.38. The van der Waals surface area contributed by atoms with E-state index in [1.807, 2.05) is 0 Å². The van der Waals surface area contributed by atoms with Gasteiger partial charge in [-0.15, -0.1) is 0 Å². The van der Waals surface area contributed by atoms with Crippen LogP contribution in [0, 0.1) is 0 Å². The zero-order valence-corrected chi connectivity index (χ0v) is 10.2. The van der Waals surface area contributed by atoms with Crippen molar-refractivity contribution in [3.8, 4) is 5.75 Å². The van der Waals surface area contributed by atoms with Gasteiger partial charge in [0.15, 0.2) is 6.10 Å². The van der Waals surface area contributed by atoms with Crippen molar-refractivity contribution in [3.05, 3.63) is 35.4 Å². The third-order valence-electron chi connectivity index (χ3n) is 2.28. The zero-order valence-electron chi connectivity index (χ0n) is 10.2. The van der Waals surface area contributed by atoms with Crippen LogP contribution in [0.2, 0.25) is 0 Å². The van der Waals surface area contributed by atoms with Crippen LogP contribution in [0.5, 0.6) is 5.75 Å². The van der Waals surface area contributed by atoms with Crippen molar-refractivity contribution in [2.45, 2.75) is 13.0 Å². The first-order valence-corrected chi connectivity index (χ1v) is 5.35. The molecule has 0 fully saturated rings. The van der Waals surface area contributed by atoms with Crippen molar-refractivity contribution in [1.29, 1.82) is 0 Å². The van der Waals surface area contributed by atoms with Gasteiger partial charge >= 0.3 is 11.7 Å². The molecule has 1 rings (SSSR count). The Morgan fingerprint density at radius 1 is 1.44 bits per heavy atom. The molecular formula is C12H14N2O4. The second-order valence-corrected chi connectivity index (χ2v) is 3.38. The van der Waals surface area contributed by atoms with E-state index < -0.39 is 17.8 Å². The summed E-state index contributed by atoms with van der Waals surface area (Å²) in [5.41, 5.74) is 8.70. The maximum atomic E-state index is 11.4. The molecule has 1 aromatic carbocycles. The van der Waals surface area contributed by atoms with E-state index in [0.717, 1.165) is 0 Å². The number of nitrogens with zero attached hydrogens (tertiary/aromatic N) is 2. The van der Waals surface area contributed by atoms with E-state index >= 15 is 0 Å². The number of hydrogen-bond acceptors (Lipinski definition) is 4. The van der Waals surface area contributed by atoms with Crippen LogP contribution in [-0.4, -0.2) is 35.3 Å². The normalized spacial score (nSPS) is 11.3. The number of aliphatic hydroxyl groups is 1. The van der Waals surface area contributed by atoms with Crippen molar-refractivity contribution < 1.29 is 24.2 Å². The van der Waals surface area contributed by atoms with Gasteiger partial charge in [-0.1, -0.05) is 12.1 Å². The van der Waals surface area contributed by atoms with Gasteiger partial charge in [0.05, 0.1) is 13.7 Å². The number of methoxy groups -OCH3 is 1. The minimum atomic E-state index is -1.35. The minimum Gasteiger partial charge on any atom is -0.497 e. The molecule has 1 atom stereocenters. The van der Waals surface area contributed by atoms with Gasteiger partial charge < -0.3 is 20.1 Å². The zero-order chi connectivity index (χ0) is 13.5. The van der Waals surface area contributed by atoms with Gasteiger partial charge in [0, 0.05) is 0 Å². The average Bonchev–Trinajstić information content (AvgIpc) is 2.40. The lowest BCUT2D eigenvalue weighted by Crippen LogP contribution is -2.25. The lowest BCUT2D eigenvalue weighted by atomic mass is 10.1. The lowest BCUT2D eigenvalue weighted by molar-refractivity contribution is -0.141. The van der Waals surface area contributed by atoms with E-state index in [2.05, 4.69) is 9.53 Å². The first-order valence-electron chi connectivity index (χ1n) is 5.35. The molecule has 0 heterocycles. The second kappa shape index (κ2) is 6.54. The first kappa shape index (κ1) is 13.9. The van der Waals surface area contributed by atoms with E-state index in [-0.39, 0.29) is 6.61 Å². The third-order valence-corrected chi connectivity index (χ3v) is 2.28. The van der Waals surface area contributed by atoms with Gasteiger partial charge in [0.2, 0.25) is 0 Å². The highest BCUT2D eigenvalue weighted by atomic mass is 16.5. The molecule has 0 radical (unpaired) electrons. The Morgan fingerprint density at radius 3 is 2.50 bits per heavy atom. The Balaban J connectivity index is 2.93. The van der Waals surface area contributed by atoms with Crippen LogP contribution in [0.15, 0.2) is 24.3 Å². The van der Waals surface area contributed by atoms with Crippen LogP contribution in [0.25, 0.3) is 5.53 Å². The molecule has 0 aliphatic rings. The van der Waals surface area contributed by atoms with Gasteiger partial charge in [-0.3, -0.25) is 0 Å². The van der Waals surface area contributed by atoms with E-state index in [4.69, 9.17) is 10.3 Å². The highest BCUT2D eigenvalue weighted by Crippen LogP contribution is 2.18. The molecule has 0 aliphatic heterocycles. The molecule has 96 valence electrons. The number of benzene rings is 1. The summed E-state index contributed by atoms with van der Waals surface area (Å²) in [6.45, 7) is 1.75. The smallest absolute Gasteiger partial charge is 0.420 e. The highest BCUT2D eigenvalue weighted by molar-refractivity contribution is 6.35. The summed E-state index contributed by atoms with van der Waals surface area (Å²) < 4.78 is 9.64. The van der Waals surface area contributed by atoms with E-state index in [9.17, 15) is 9.90 Å². The third kappa shape index (κ3) is 3.16. The Bertz CT molecular complexity index is 463. The highest BCUT2D eigenvalue weighted by Gasteiger charge is 2.32. The Kier molecular flexibility index (Phi) is 5.05. The van der Waals surface area contributed by atoms with Crippen molar-refractivity contribution in [2.24, 2.45) is 0 Å². The van der Waals surface area contributed by atoms with Crippen molar-refractivity contribution in [2.75, 3.05) is 13.7 Å². The maximum Gasteiger partial charge on any atom is 0.420 e. The Hall–Kier alpha value is -2.17. The van der Waals surface area contributed by atoms with Crippen LogP contribution >= 0.6 is 0 Å². The molecule has 6 nitrogen and oxygen atoms in total. The Morgan fingerprint density at radius 2 is 2.06 bits per heavy atom. The van der Waals surface area contributed by atoms with Crippen molar-refractivity contribution in [3.63, 3.8) is 0 Å². The molecule has 1 N–H and O–H groups in total. The number of aliphatic hydroxyl groups excluding tert-OH is 1. The SMILES string of the molecule is CCOC(=O)C(=[N+]=[N-])[C@@H](O)c1ccc(OC)cc1. The molecule has 0 aliphatic carbocycles. The molecular weight excluding hydrogens is 236 g/mol. The molecule has 6 heteroatoms. The van der Waals surface area contributed by atoms with E-state index in [1.165, 1.54) is 7.11 Å². The summed E-state index contributed by atoms with van der Waals surface area (Å²) >= 11 is 0. The molecule has 0 bridgehead atoms. The number of rotatable bonds is 5. The molecule has 0 spiro atoms. The predicted molar refractivity (Wildman–Crippen MR) is 63.2 cm³/mol. The summed E-state index contributed by atoms with van der Waals surface area (Å²) in [4.78, 5) is 14.2. The lowest BCUT2D eigenvalue weighted by Gasteiger charge is -2.07. The van der Waals surface area contributed by atoms with Crippen LogP contribution in [0.1, 0.15) is 18.6 Å². The number of carbonyl (C=O) groups excluding carboxylic acids is 1. The van der Waals surface area contributed by atoms with Crippen LogP contribution in [0.4, 0.5) is 0 Å². The fourth-order valence-corrected chi connectivity index (χ4v) is 1.36. The van der Waals surface area contributed by atoms with E-state index in [0.29, 0.717) is 11.3 Å². The maximum absolute atomic E-state index is 11.4. The quantitative estimate of drug-likeness (QED) is 0.364. The molecule has 1 aromatic rings. The average molecular weight is 250 g/mol. The summed E-state index contributed by atoms with van der Waals surface area (Å²) in [6, 6.07) is 6.37. The topological polar surface area (TPSA) is 92.2 Å². The van der Waals surface area contributed by atoms with Crippen LogP contribution in [0.3, 0.4) is 0 Å². The van der Waals surface area contributed by atoms with Gasteiger partial charge in [0.1, 0.15) is 5.75 Å². The summed E-state index contributed by atoms with van der Waals surface area (Å²) in [5, 5.41) is 9.91. The number of esters is 1. The summed E-state index contributed by atoms with van der Waals surface area (Å²) in [6.07, 6.45) is -1.35. The largest absolute Gasteiger partial charge is 0.497 e. The monoisotopic (exact) mass is 250 g/mol. The van der Waals surface area contributed by atoms with Gasteiger partial charge in [-0.25, -0.2) is 4.79 Å². The van der Waals surface area contributed by atoms with Crippen molar-refractivity contribution in [1.82, 2.24) is 0 Å². The van der Waals surface area contributed by atoms with Crippen molar-refractivity contribution >= 4 is 11.7 Å². The molecule has 18 heavy (non-hydrogen) atoms. The number of hydrogen-bond donors (Lipinski definition) is 1. The predicted octanol–water partition coefficient (Wildman–Crippen LogP) is 0.962. The van der Waals surface area contributed by atoms with Gasteiger partial charge in [-0.05, 0) is 24.6 Å². The molecule has 0 saturated carbocycles. The van der Waals surface area contributed by atoms with E-state index in [1.54, 1.807) is 31.2 Å². The standard InChI is InChI=1S/C12H14N2O4/c1-3-18-12(16)10(14-13)11(15)8-4-6-9(17-2)7-5-8/h4-7,11,15H,3H2,1-2H3/t11-/m0/s1. The molecule has 0 aromatic heterocycles. The number of ether oxygens (including phenoxy) is 2. The van der Waals surface area contributed by atoms with Crippen LogP contribution in [-0.2, 0) is 9.53 Å². The summed E-state index contributed by atoms with van der Waals surface area (Å²) in [7, 11) is 1.52. The van der Waals surface area contributed by atoms with Crippen LogP contribution < -0.4 is 4.74 Å². The molecule has 0 saturated heterocycles. The minimum absolute atomic E-state index is 0.132. The van der Waals surface area contributed by atoms with Gasteiger partial charge in [-0.2, -0.15) is 4.79 Å². The Labute approximate surface area is 104 Å². The number of carbonyl (C=O) groups is 1. The summed E-state index contributed by atoms with van der Waals surface area (Å²) in [5.74, 6) is -0.243. The molecule has 0 unspecified atom stereocenters. The van der Waals surface area contributed by atoms with Gasteiger partial charge in [0.25, 0.3) is 0 Å². The molecule has 0 amide bonds. The first-order chi connectivity index (χ1) is 8.63. The fourth-order valence-electron chi connectivity index (χ4n) is 1.36.